The number of benzene rings is 3. The summed E-state index contributed by atoms with van der Waals surface area (Å²) in [6.07, 6.45) is 0. The lowest BCUT2D eigenvalue weighted by molar-refractivity contribution is -0.384. The lowest BCUT2D eigenvalue weighted by Gasteiger charge is -2.13. The van der Waals surface area contributed by atoms with Crippen LogP contribution in [0.5, 0.6) is 0 Å². The van der Waals surface area contributed by atoms with Crippen LogP contribution in [-0.4, -0.2) is 29.9 Å². The zero-order chi connectivity index (χ0) is 25.2. The number of thioether (sulfide) groups is 1. The molecular weight excluding hydrogens is 507 g/mol. The van der Waals surface area contributed by atoms with Gasteiger partial charge in [-0.05, 0) is 43.3 Å². The Morgan fingerprint density at radius 3 is 2.44 bits per heavy atom. The Hall–Kier alpha value is -4.09. The molecule has 1 unspecified atom stereocenters. The quantitative estimate of drug-likeness (QED) is 0.134. The van der Waals surface area contributed by atoms with E-state index in [-0.39, 0.29) is 22.5 Å². The minimum atomic E-state index is -0.482. The lowest BCUT2D eigenvalue weighted by Crippen LogP contribution is -2.03. The summed E-state index contributed by atoms with van der Waals surface area (Å²) < 4.78 is 22.3. The third-order valence-corrected chi connectivity index (χ3v) is 6.60. The number of aromatic nitrogens is 5. The molecule has 0 fully saturated rings. The number of rotatable bonds is 7. The third kappa shape index (κ3) is 4.58. The van der Waals surface area contributed by atoms with Crippen molar-refractivity contribution in [3.05, 3.63) is 99.6 Å². The van der Waals surface area contributed by atoms with Crippen molar-refractivity contribution in [2.24, 2.45) is 0 Å². The molecule has 180 valence electrons. The molecule has 0 saturated carbocycles. The summed E-state index contributed by atoms with van der Waals surface area (Å²) in [7, 11) is 0. The predicted octanol–water partition coefficient (Wildman–Crippen LogP) is 6.54. The van der Waals surface area contributed by atoms with E-state index in [0.29, 0.717) is 33.0 Å². The van der Waals surface area contributed by atoms with E-state index in [1.165, 1.54) is 42.1 Å². The molecule has 36 heavy (non-hydrogen) atoms. The molecule has 0 aliphatic carbocycles. The molecule has 5 aromatic rings. The van der Waals surface area contributed by atoms with E-state index in [0.717, 1.165) is 0 Å². The van der Waals surface area contributed by atoms with Crippen molar-refractivity contribution in [2.45, 2.75) is 17.3 Å². The fraction of sp³-hybridized carbons (Fsp3) is 0.0833. The van der Waals surface area contributed by atoms with Crippen LogP contribution in [0.3, 0.4) is 0 Å². The molecule has 9 nitrogen and oxygen atoms in total. The van der Waals surface area contributed by atoms with Gasteiger partial charge in [-0.15, -0.1) is 20.4 Å². The summed E-state index contributed by atoms with van der Waals surface area (Å²) in [4.78, 5) is 10.4. The van der Waals surface area contributed by atoms with E-state index in [4.69, 9.17) is 16.0 Å². The second-order valence-corrected chi connectivity index (χ2v) is 9.30. The number of non-ortho nitro benzene ring substituents is 1. The van der Waals surface area contributed by atoms with Gasteiger partial charge >= 0.3 is 0 Å². The fourth-order valence-electron chi connectivity index (χ4n) is 3.46. The van der Waals surface area contributed by atoms with Crippen LogP contribution in [0, 0.1) is 15.9 Å². The number of para-hydroxylation sites is 1. The zero-order valence-corrected chi connectivity index (χ0v) is 20.2. The molecule has 5 rings (SSSR count). The van der Waals surface area contributed by atoms with Gasteiger partial charge in [-0.1, -0.05) is 47.6 Å². The smallest absolute Gasteiger partial charge is 0.269 e. The van der Waals surface area contributed by atoms with Crippen molar-refractivity contribution < 1.29 is 13.7 Å². The molecule has 0 aliphatic rings. The summed E-state index contributed by atoms with van der Waals surface area (Å²) in [5.41, 5.74) is 1.38. The van der Waals surface area contributed by atoms with Crippen molar-refractivity contribution in [3.63, 3.8) is 0 Å². The highest BCUT2D eigenvalue weighted by atomic mass is 35.5. The van der Waals surface area contributed by atoms with Gasteiger partial charge < -0.3 is 4.42 Å². The van der Waals surface area contributed by atoms with Crippen LogP contribution >= 0.6 is 23.4 Å². The van der Waals surface area contributed by atoms with Crippen LogP contribution in [0.15, 0.2) is 82.4 Å². The largest absolute Gasteiger partial charge is 0.419 e. The van der Waals surface area contributed by atoms with Crippen LogP contribution in [0.25, 0.3) is 28.5 Å². The molecule has 3 aromatic carbocycles. The lowest BCUT2D eigenvalue weighted by atomic mass is 10.2. The zero-order valence-electron chi connectivity index (χ0n) is 18.6. The van der Waals surface area contributed by atoms with Gasteiger partial charge in [0.05, 0.1) is 20.9 Å². The molecule has 2 aromatic heterocycles. The normalized spacial score (nSPS) is 12.0. The Kier molecular flexibility index (Phi) is 6.49. The van der Waals surface area contributed by atoms with Crippen molar-refractivity contribution in [1.29, 1.82) is 0 Å². The van der Waals surface area contributed by atoms with Gasteiger partial charge in [-0.2, -0.15) is 0 Å². The van der Waals surface area contributed by atoms with E-state index < -0.39 is 10.7 Å². The number of hydrogen-bond donors (Lipinski definition) is 0. The van der Waals surface area contributed by atoms with Gasteiger partial charge in [-0.3, -0.25) is 14.7 Å². The molecular formula is C24H16ClFN6O3S. The SMILES string of the molecule is CC(Sc1nnc(-c2ccccc2Cl)n1-c1ccccc1F)c1nnc(-c2ccc([N+](=O)[O-])cc2)o1. The predicted molar refractivity (Wildman–Crippen MR) is 132 cm³/mol. The van der Waals surface area contributed by atoms with Crippen LogP contribution < -0.4 is 0 Å². The van der Waals surface area contributed by atoms with Gasteiger partial charge in [0, 0.05) is 23.3 Å². The number of halogens is 2. The highest BCUT2D eigenvalue weighted by Gasteiger charge is 2.24. The first-order valence-electron chi connectivity index (χ1n) is 10.6. The monoisotopic (exact) mass is 522 g/mol. The second-order valence-electron chi connectivity index (χ2n) is 7.58. The van der Waals surface area contributed by atoms with E-state index >= 15 is 0 Å². The number of nitro groups is 1. The number of nitro benzene ring substituents is 1. The highest BCUT2D eigenvalue weighted by molar-refractivity contribution is 7.99. The first-order valence-corrected chi connectivity index (χ1v) is 11.9. The molecule has 0 N–H and O–H groups in total. The second kappa shape index (κ2) is 9.88. The topological polar surface area (TPSA) is 113 Å². The molecule has 0 bridgehead atoms. The van der Waals surface area contributed by atoms with Crippen LogP contribution in [0.4, 0.5) is 10.1 Å². The minimum Gasteiger partial charge on any atom is -0.419 e. The first-order chi connectivity index (χ1) is 17.4. The van der Waals surface area contributed by atoms with Gasteiger partial charge in [0.2, 0.25) is 11.8 Å². The standard InChI is InChI=1S/C24H16ClFN6O3S/c1-14(22-28-29-23(35-22)15-10-12-16(13-11-15)32(33)34)36-24-30-27-21(17-6-2-3-7-18(17)25)31(24)20-9-5-4-8-19(20)26/h2-14H,1H3. The summed E-state index contributed by atoms with van der Waals surface area (Å²) in [5, 5.41) is 28.2. The Morgan fingerprint density at radius 1 is 1.00 bits per heavy atom. The molecule has 1 atom stereocenters. The molecule has 0 radical (unpaired) electrons. The number of nitrogens with zero attached hydrogens (tertiary/aromatic N) is 6. The van der Waals surface area contributed by atoms with Crippen molar-refractivity contribution in [2.75, 3.05) is 0 Å². The van der Waals surface area contributed by atoms with E-state index in [1.807, 2.05) is 13.0 Å². The minimum absolute atomic E-state index is 0.0378. The van der Waals surface area contributed by atoms with E-state index in [9.17, 15) is 14.5 Å². The molecule has 0 amide bonds. The summed E-state index contributed by atoms with van der Waals surface area (Å²) >= 11 is 7.66. The van der Waals surface area contributed by atoms with Gasteiger partial charge in [0.15, 0.2) is 11.0 Å². The van der Waals surface area contributed by atoms with Crippen molar-refractivity contribution >= 4 is 29.1 Å². The average molecular weight is 523 g/mol. The van der Waals surface area contributed by atoms with Crippen LogP contribution in [-0.2, 0) is 0 Å². The van der Waals surface area contributed by atoms with E-state index in [1.54, 1.807) is 41.0 Å². The fourth-order valence-corrected chi connectivity index (χ4v) is 4.57. The summed E-state index contributed by atoms with van der Waals surface area (Å²) in [6, 6.07) is 19.3. The van der Waals surface area contributed by atoms with Crippen LogP contribution in [0.2, 0.25) is 5.02 Å². The maximum Gasteiger partial charge on any atom is 0.269 e. The Bertz CT molecular complexity index is 1560. The Morgan fingerprint density at radius 2 is 1.72 bits per heavy atom. The molecule has 0 aliphatic heterocycles. The molecule has 2 heterocycles. The van der Waals surface area contributed by atoms with Crippen molar-refractivity contribution in [3.8, 4) is 28.5 Å². The summed E-state index contributed by atoms with van der Waals surface area (Å²) in [6.45, 7) is 1.84. The van der Waals surface area contributed by atoms with Gasteiger partial charge in [0.25, 0.3) is 5.69 Å². The molecule has 0 spiro atoms. The van der Waals surface area contributed by atoms with E-state index in [2.05, 4.69) is 20.4 Å². The van der Waals surface area contributed by atoms with Crippen LogP contribution in [0.1, 0.15) is 18.1 Å². The highest BCUT2D eigenvalue weighted by Crippen LogP contribution is 2.38. The maximum absolute atomic E-state index is 14.9. The third-order valence-electron chi connectivity index (χ3n) is 5.24. The first kappa shape index (κ1) is 23.6. The average Bonchev–Trinajstić information content (AvgIpc) is 3.53. The Labute approximate surface area is 213 Å². The Balaban J connectivity index is 1.48. The van der Waals surface area contributed by atoms with Gasteiger partial charge in [0.1, 0.15) is 5.82 Å². The molecule has 12 heteroatoms. The molecule has 0 saturated heterocycles. The maximum atomic E-state index is 14.9. The van der Waals surface area contributed by atoms with Gasteiger partial charge in [-0.25, -0.2) is 4.39 Å². The number of hydrogen-bond acceptors (Lipinski definition) is 8. The van der Waals surface area contributed by atoms with Crippen molar-refractivity contribution in [1.82, 2.24) is 25.0 Å². The summed E-state index contributed by atoms with van der Waals surface area (Å²) in [5.74, 6) is 0.464.